The monoisotopic (exact) mass is 453 g/mol. The minimum Gasteiger partial charge on any atom is -0.435 e. The zero-order chi connectivity index (χ0) is 23.2. The highest BCUT2D eigenvalue weighted by atomic mass is 35.5. The number of benzene rings is 1. The number of pyridine rings is 1. The van der Waals surface area contributed by atoms with Gasteiger partial charge in [-0.2, -0.15) is 0 Å². The van der Waals surface area contributed by atoms with Crippen LogP contribution in [0.1, 0.15) is 41.6 Å². The van der Waals surface area contributed by atoms with Crippen molar-refractivity contribution in [3.8, 4) is 0 Å². The largest absolute Gasteiger partial charge is 0.435 e. The fourth-order valence-corrected chi connectivity index (χ4v) is 3.98. The van der Waals surface area contributed by atoms with Crippen LogP contribution in [0.25, 0.3) is 10.9 Å². The molecule has 2 heterocycles. The van der Waals surface area contributed by atoms with Gasteiger partial charge >= 0.3 is 0 Å². The number of hydrogen-bond acceptors (Lipinski definition) is 5. The van der Waals surface area contributed by atoms with Crippen molar-refractivity contribution in [2.75, 3.05) is 0 Å². The molecule has 164 valence electrons. The molecule has 2 aromatic heterocycles. The molecule has 0 saturated heterocycles. The first kappa shape index (κ1) is 21.7. The van der Waals surface area contributed by atoms with Crippen LogP contribution < -0.4 is 11.1 Å². The first-order valence-electron chi connectivity index (χ1n) is 9.85. The Morgan fingerprint density at radius 2 is 2.06 bits per heavy atom. The number of hydrogen-bond donors (Lipinski definition) is 3. The number of nitrogens with one attached hydrogen (secondary N) is 2. The molecule has 0 aliphatic heterocycles. The molecule has 1 aliphatic carbocycles. The number of aryl methyl sites for hydroxylation is 1. The summed E-state index contributed by atoms with van der Waals surface area (Å²) in [5.41, 5.74) is 7.34. The lowest BCUT2D eigenvalue weighted by molar-refractivity contribution is 0.0899. The highest BCUT2D eigenvalue weighted by molar-refractivity contribution is 6.31. The van der Waals surface area contributed by atoms with E-state index in [1.165, 1.54) is 12.3 Å². The zero-order valence-corrected chi connectivity index (χ0v) is 18.5. The smallest absolute Gasteiger partial charge is 0.289 e. The first-order valence-corrected chi connectivity index (χ1v) is 10.2. The molecule has 1 atom stereocenters. The Labute approximate surface area is 188 Å². The van der Waals surface area contributed by atoms with Gasteiger partial charge in [-0.25, -0.2) is 9.37 Å². The van der Waals surface area contributed by atoms with Crippen molar-refractivity contribution in [2.45, 2.75) is 32.7 Å². The Balaban J connectivity index is 1.59. The van der Waals surface area contributed by atoms with Gasteiger partial charge in [0.1, 0.15) is 17.2 Å². The molecular weight excluding hydrogens is 433 g/mol. The minimum absolute atomic E-state index is 0.0507. The maximum absolute atomic E-state index is 14.4. The van der Waals surface area contributed by atoms with Crippen LogP contribution in [0.15, 0.2) is 52.1 Å². The van der Waals surface area contributed by atoms with Gasteiger partial charge in [-0.15, -0.1) is 0 Å². The predicted octanol–water partition coefficient (Wildman–Crippen LogP) is 4.23. The molecule has 1 aromatic carbocycles. The number of aromatic nitrogens is 2. The first-order chi connectivity index (χ1) is 15.1. The lowest BCUT2D eigenvalue weighted by atomic mass is 9.88. The second kappa shape index (κ2) is 7.87. The highest BCUT2D eigenvalue weighted by Gasteiger charge is 2.38. The van der Waals surface area contributed by atoms with Gasteiger partial charge in [0.05, 0.1) is 16.3 Å². The Bertz CT molecular complexity index is 1340. The van der Waals surface area contributed by atoms with Gasteiger partial charge in [0.25, 0.3) is 5.91 Å². The molecule has 0 radical (unpaired) electrons. The van der Waals surface area contributed by atoms with Gasteiger partial charge in [-0.1, -0.05) is 23.8 Å². The topological polar surface area (TPSA) is 118 Å². The molecule has 0 fully saturated rings. The van der Waals surface area contributed by atoms with E-state index >= 15 is 0 Å². The van der Waals surface area contributed by atoms with E-state index in [0.717, 1.165) is 5.57 Å². The van der Waals surface area contributed by atoms with Crippen molar-refractivity contribution in [1.29, 1.82) is 5.41 Å². The number of nitrogens with two attached hydrogens (primary N) is 1. The fraction of sp³-hybridized carbons (Fsp3) is 0.217. The van der Waals surface area contributed by atoms with Gasteiger partial charge in [0, 0.05) is 23.6 Å². The Morgan fingerprint density at radius 1 is 1.31 bits per heavy atom. The fourth-order valence-electron chi connectivity index (χ4n) is 3.82. The van der Waals surface area contributed by atoms with E-state index in [-0.39, 0.29) is 29.4 Å². The lowest BCUT2D eigenvalue weighted by Gasteiger charge is -2.30. The molecule has 4 rings (SSSR count). The number of rotatable bonds is 5. The van der Waals surface area contributed by atoms with Crippen molar-refractivity contribution in [3.05, 3.63) is 81.4 Å². The quantitative estimate of drug-likeness (QED) is 0.394. The summed E-state index contributed by atoms with van der Waals surface area (Å²) in [7, 11) is 0. The molecule has 0 bridgehead atoms. The van der Waals surface area contributed by atoms with Crippen LogP contribution in [0.5, 0.6) is 0 Å². The van der Waals surface area contributed by atoms with E-state index in [9.17, 15) is 9.18 Å². The summed E-state index contributed by atoms with van der Waals surface area (Å²) in [5, 5.41) is 11.7. The molecule has 3 aromatic rings. The normalized spacial score (nSPS) is 17.9. The summed E-state index contributed by atoms with van der Waals surface area (Å²) >= 11 is 5.97. The molecule has 0 saturated carbocycles. The summed E-state index contributed by atoms with van der Waals surface area (Å²) < 4.78 is 20.2. The average molecular weight is 454 g/mol. The highest BCUT2D eigenvalue weighted by Crippen LogP contribution is 2.31. The van der Waals surface area contributed by atoms with Crippen LogP contribution in [0, 0.1) is 18.2 Å². The number of amides is 1. The van der Waals surface area contributed by atoms with Crippen molar-refractivity contribution in [3.63, 3.8) is 0 Å². The summed E-state index contributed by atoms with van der Waals surface area (Å²) in [6.45, 7) is 5.29. The number of halogens is 2. The molecule has 0 spiro atoms. The summed E-state index contributed by atoms with van der Waals surface area (Å²) in [6.07, 6.45) is 5.10. The third-order valence-electron chi connectivity index (χ3n) is 5.65. The van der Waals surface area contributed by atoms with Gasteiger partial charge < -0.3 is 15.5 Å². The van der Waals surface area contributed by atoms with Crippen LogP contribution in [0.3, 0.4) is 0 Å². The lowest BCUT2D eigenvalue weighted by Crippen LogP contribution is -2.50. The van der Waals surface area contributed by atoms with Gasteiger partial charge in [-0.3, -0.25) is 15.2 Å². The maximum Gasteiger partial charge on any atom is 0.289 e. The SMILES string of the molecule is CC1=CC=C(C(=N)N)[C@]1(C)NC(=O)c1oc(Cc2cc(F)c3ncc(Cl)cc3c2)nc1C. The average Bonchev–Trinajstić information content (AvgIpc) is 3.20. The van der Waals surface area contributed by atoms with Gasteiger partial charge in [0.2, 0.25) is 5.76 Å². The van der Waals surface area contributed by atoms with Crippen molar-refractivity contribution in [2.24, 2.45) is 5.73 Å². The number of nitrogens with zero attached hydrogens (tertiary/aromatic N) is 2. The minimum atomic E-state index is -0.921. The van der Waals surface area contributed by atoms with E-state index in [4.69, 9.17) is 27.2 Å². The molecule has 9 heteroatoms. The van der Waals surface area contributed by atoms with Crippen molar-refractivity contribution >= 4 is 34.2 Å². The van der Waals surface area contributed by atoms with E-state index in [2.05, 4.69) is 15.3 Å². The molecule has 1 amide bonds. The number of amidine groups is 1. The number of fused-ring (bicyclic) bond motifs is 1. The van der Waals surface area contributed by atoms with E-state index < -0.39 is 17.3 Å². The van der Waals surface area contributed by atoms with Gasteiger partial charge in [-0.05, 0) is 50.1 Å². The Kier molecular flexibility index (Phi) is 5.34. The molecular formula is C23H21ClFN5O2. The van der Waals surface area contributed by atoms with E-state index in [1.807, 2.05) is 13.0 Å². The molecule has 1 aliphatic rings. The van der Waals surface area contributed by atoms with Crippen LogP contribution in [-0.4, -0.2) is 27.2 Å². The second-order valence-corrected chi connectivity index (χ2v) is 8.36. The van der Waals surface area contributed by atoms with Crippen LogP contribution in [-0.2, 0) is 6.42 Å². The summed E-state index contributed by atoms with van der Waals surface area (Å²) in [5.74, 6) is -0.757. The number of oxazole rings is 1. The molecule has 32 heavy (non-hydrogen) atoms. The van der Waals surface area contributed by atoms with Crippen LogP contribution >= 0.6 is 11.6 Å². The van der Waals surface area contributed by atoms with Crippen LogP contribution in [0.2, 0.25) is 5.02 Å². The third kappa shape index (κ3) is 3.78. The number of carbonyl (C=O) groups is 1. The summed E-state index contributed by atoms with van der Waals surface area (Å²) in [6, 6.07) is 4.75. The third-order valence-corrected chi connectivity index (χ3v) is 5.85. The van der Waals surface area contributed by atoms with E-state index in [1.54, 1.807) is 32.1 Å². The zero-order valence-electron chi connectivity index (χ0n) is 17.7. The maximum atomic E-state index is 14.4. The Hall–Kier alpha value is -3.52. The van der Waals surface area contributed by atoms with Gasteiger partial charge in [0.15, 0.2) is 5.89 Å². The molecule has 0 unspecified atom stereocenters. The Morgan fingerprint density at radius 3 is 2.78 bits per heavy atom. The van der Waals surface area contributed by atoms with Crippen molar-refractivity contribution < 1.29 is 13.6 Å². The number of carbonyl (C=O) groups excluding carboxylic acids is 1. The number of allylic oxidation sites excluding steroid dienone is 2. The van der Waals surface area contributed by atoms with Crippen LogP contribution in [0.4, 0.5) is 4.39 Å². The second-order valence-electron chi connectivity index (χ2n) is 7.92. The van der Waals surface area contributed by atoms with Crippen molar-refractivity contribution in [1.82, 2.24) is 15.3 Å². The molecule has 4 N–H and O–H groups in total. The predicted molar refractivity (Wildman–Crippen MR) is 120 cm³/mol. The standard InChI is InChI=1S/C23H21ClFN5O2/c1-11-4-5-16(21(26)27)23(11,3)30-22(31)20-12(2)29-18(32-20)8-13-6-14-9-15(24)10-28-19(14)17(25)7-13/h4-7,9-10H,8H2,1-3H3,(H3,26,27)(H,30,31)/t23-/m1/s1. The summed E-state index contributed by atoms with van der Waals surface area (Å²) in [4.78, 5) is 21.3. The molecule has 7 nitrogen and oxygen atoms in total. The van der Waals surface area contributed by atoms with E-state index in [0.29, 0.717) is 27.2 Å².